The van der Waals surface area contributed by atoms with Crippen molar-refractivity contribution in [3.8, 4) is 22.5 Å². The molecule has 9 heteroatoms. The Hall–Kier alpha value is -2.46. The van der Waals surface area contributed by atoms with Crippen LogP contribution < -0.4 is 5.14 Å². The molecule has 5 N–H and O–H groups in total. The van der Waals surface area contributed by atoms with Gasteiger partial charge in [0.05, 0.1) is 4.90 Å². The number of aliphatic hydroxyl groups is 1. The van der Waals surface area contributed by atoms with Crippen LogP contribution in [-0.4, -0.2) is 53.5 Å². The van der Waals surface area contributed by atoms with E-state index in [1.54, 1.807) is 6.07 Å². The van der Waals surface area contributed by atoms with Gasteiger partial charge in [-0.25, -0.2) is 18.8 Å². The van der Waals surface area contributed by atoms with Crippen molar-refractivity contribution >= 4 is 10.0 Å². The molecule has 29 heavy (non-hydrogen) atoms. The van der Waals surface area contributed by atoms with Crippen LogP contribution in [0.3, 0.4) is 0 Å². The molecule has 154 valence electrons. The molecule has 8 nitrogen and oxygen atoms in total. The molecular weight excluding hydrogens is 390 g/mol. The Bertz CT molecular complexity index is 1060. The molecule has 1 saturated heterocycles. The highest BCUT2D eigenvalue weighted by Crippen LogP contribution is 2.35. The number of rotatable bonds is 7. The van der Waals surface area contributed by atoms with E-state index >= 15 is 0 Å². The van der Waals surface area contributed by atoms with Crippen molar-refractivity contribution in [3.05, 3.63) is 48.0 Å². The Balaban J connectivity index is 1.59. The third-order valence-electron chi connectivity index (χ3n) is 5.49. The minimum Gasteiger partial charge on any atom is -0.396 e. The molecule has 2 aromatic carbocycles. The number of hydrogen-bond acceptors (Lipinski definition) is 5. The lowest BCUT2D eigenvalue weighted by Gasteiger charge is -2.17. The number of aromatic nitrogens is 3. The summed E-state index contributed by atoms with van der Waals surface area (Å²) in [7, 11) is -3.89. The number of nitrogens with two attached hydrogens (primary N) is 1. The summed E-state index contributed by atoms with van der Waals surface area (Å²) in [6, 6.07) is 13.2. The number of aromatic amines is 2. The van der Waals surface area contributed by atoms with E-state index in [0.717, 1.165) is 43.6 Å². The fraction of sp³-hybridized carbons (Fsp3) is 0.350. The number of nitrogens with zero attached hydrogens (tertiary/aromatic N) is 2. The van der Waals surface area contributed by atoms with Crippen LogP contribution in [0.1, 0.15) is 18.4 Å². The average Bonchev–Trinajstić information content (AvgIpc) is 3.08. The van der Waals surface area contributed by atoms with Crippen molar-refractivity contribution in [3.63, 3.8) is 0 Å². The number of nitrogens with one attached hydrogen (secondary N) is 2. The molecule has 1 aromatic heterocycles. The van der Waals surface area contributed by atoms with E-state index in [1.165, 1.54) is 11.6 Å². The highest BCUT2D eigenvalue weighted by Gasteiger charge is 2.23. The van der Waals surface area contributed by atoms with Crippen molar-refractivity contribution in [2.24, 2.45) is 11.1 Å². The molecule has 2 heterocycles. The summed E-state index contributed by atoms with van der Waals surface area (Å²) in [6.07, 6.45) is 2.00. The minimum absolute atomic E-state index is 0.0406. The maximum Gasteiger partial charge on any atom is 0.238 e. The van der Waals surface area contributed by atoms with Gasteiger partial charge in [0.15, 0.2) is 5.82 Å². The molecule has 0 amide bonds. The van der Waals surface area contributed by atoms with Crippen LogP contribution >= 0.6 is 0 Å². The molecule has 0 bridgehead atoms. The molecule has 1 aliphatic heterocycles. The van der Waals surface area contributed by atoms with Crippen LogP contribution in [-0.2, 0) is 16.6 Å². The third kappa shape index (κ3) is 4.27. The zero-order chi connectivity index (χ0) is 20.4. The number of aliphatic hydroxyl groups excluding tert-OH is 1. The van der Waals surface area contributed by atoms with E-state index in [4.69, 9.17) is 10.2 Å². The van der Waals surface area contributed by atoms with Gasteiger partial charge in [-0.05, 0) is 48.1 Å². The van der Waals surface area contributed by atoms with Crippen LogP contribution in [0, 0.1) is 5.92 Å². The summed E-state index contributed by atoms with van der Waals surface area (Å²) in [4.78, 5) is 2.44. The third-order valence-corrected chi connectivity index (χ3v) is 6.44. The van der Waals surface area contributed by atoms with E-state index in [2.05, 4.69) is 32.4 Å². The summed E-state index contributed by atoms with van der Waals surface area (Å²) in [5, 5.41) is 23.9. The Kier molecular flexibility index (Phi) is 5.55. The van der Waals surface area contributed by atoms with Crippen LogP contribution in [0.2, 0.25) is 0 Å². The van der Waals surface area contributed by atoms with Gasteiger partial charge in [0, 0.05) is 25.3 Å². The first kappa shape index (κ1) is 19.8. The Morgan fingerprint density at radius 1 is 1.21 bits per heavy atom. The largest absolute Gasteiger partial charge is 0.396 e. The van der Waals surface area contributed by atoms with E-state index in [1.807, 2.05) is 18.2 Å². The number of primary sulfonamides is 1. The molecule has 1 unspecified atom stereocenters. The average molecular weight is 416 g/mol. The number of sulfonamides is 1. The predicted octanol–water partition coefficient (Wildman–Crippen LogP) is 1.92. The SMILES string of the molecule is NS(=O)(=O)c1cccc(-c2ccc(CN3CCC(CCO)C3)cc2)c1-c1n[nH][nH]1. The Labute approximate surface area is 169 Å². The normalized spacial score (nSPS) is 17.8. The van der Waals surface area contributed by atoms with Gasteiger partial charge in [-0.15, -0.1) is 5.10 Å². The number of benzene rings is 2. The van der Waals surface area contributed by atoms with Crippen LogP contribution in [0.25, 0.3) is 22.5 Å². The van der Waals surface area contributed by atoms with Gasteiger partial charge in [0.2, 0.25) is 10.0 Å². The van der Waals surface area contributed by atoms with Gasteiger partial charge in [-0.1, -0.05) is 36.4 Å². The summed E-state index contributed by atoms with van der Waals surface area (Å²) in [5.41, 5.74) is 3.31. The lowest BCUT2D eigenvalue weighted by atomic mass is 9.98. The maximum atomic E-state index is 12.1. The summed E-state index contributed by atoms with van der Waals surface area (Å²) in [6.45, 7) is 3.18. The van der Waals surface area contributed by atoms with Crippen LogP contribution in [0.15, 0.2) is 47.4 Å². The first-order valence-electron chi connectivity index (χ1n) is 9.63. The van der Waals surface area contributed by atoms with Gasteiger partial charge in [-0.3, -0.25) is 10.00 Å². The first-order valence-corrected chi connectivity index (χ1v) is 11.2. The molecule has 0 saturated carbocycles. The Morgan fingerprint density at radius 3 is 2.59 bits per heavy atom. The topological polar surface area (TPSA) is 128 Å². The lowest BCUT2D eigenvalue weighted by molar-refractivity contribution is 0.249. The van der Waals surface area contributed by atoms with E-state index in [0.29, 0.717) is 17.3 Å². The van der Waals surface area contributed by atoms with Crippen molar-refractivity contribution in [1.82, 2.24) is 20.3 Å². The molecular formula is C20H25N5O3S. The van der Waals surface area contributed by atoms with Gasteiger partial charge >= 0.3 is 0 Å². The molecule has 0 radical (unpaired) electrons. The molecule has 1 aliphatic rings. The summed E-state index contributed by atoms with van der Waals surface area (Å²) >= 11 is 0. The molecule has 0 spiro atoms. The zero-order valence-corrected chi connectivity index (χ0v) is 16.8. The highest BCUT2D eigenvalue weighted by atomic mass is 32.2. The van der Waals surface area contributed by atoms with Crippen molar-refractivity contribution in [1.29, 1.82) is 0 Å². The van der Waals surface area contributed by atoms with E-state index < -0.39 is 10.0 Å². The fourth-order valence-electron chi connectivity index (χ4n) is 4.01. The second-order valence-corrected chi connectivity index (χ2v) is 9.05. The standard InChI is InChI=1S/C20H25N5O3S/c21-29(27,28)18-3-1-2-17(19(18)20-22-24-23-20)16-6-4-14(5-7-16)12-25-10-8-15(13-25)9-11-26/h1-7,15,24,26H,8-13H2,(H,22,23)(H2,21,27,28). The molecule has 1 atom stereocenters. The fourth-order valence-corrected chi connectivity index (χ4v) is 4.77. The van der Waals surface area contributed by atoms with Gasteiger partial charge in [0.1, 0.15) is 0 Å². The van der Waals surface area contributed by atoms with Gasteiger partial charge in [0.25, 0.3) is 0 Å². The smallest absolute Gasteiger partial charge is 0.238 e. The monoisotopic (exact) mass is 415 g/mol. The van der Waals surface area contributed by atoms with Crippen molar-refractivity contribution < 1.29 is 13.5 Å². The van der Waals surface area contributed by atoms with E-state index in [9.17, 15) is 8.42 Å². The molecule has 4 rings (SSSR count). The summed E-state index contributed by atoms with van der Waals surface area (Å²) < 4.78 is 24.1. The first-order chi connectivity index (χ1) is 14.0. The minimum atomic E-state index is -3.89. The summed E-state index contributed by atoms with van der Waals surface area (Å²) in [5.74, 6) is 1.02. The maximum absolute atomic E-state index is 12.1. The number of likely N-dealkylation sites (tertiary alicyclic amines) is 1. The second kappa shape index (κ2) is 8.11. The second-order valence-electron chi connectivity index (χ2n) is 7.52. The van der Waals surface area contributed by atoms with E-state index in [-0.39, 0.29) is 11.5 Å². The molecule has 0 aliphatic carbocycles. The zero-order valence-electron chi connectivity index (χ0n) is 16.0. The van der Waals surface area contributed by atoms with Crippen molar-refractivity contribution in [2.45, 2.75) is 24.3 Å². The van der Waals surface area contributed by atoms with Crippen LogP contribution in [0.5, 0.6) is 0 Å². The highest BCUT2D eigenvalue weighted by molar-refractivity contribution is 7.89. The van der Waals surface area contributed by atoms with Gasteiger partial charge < -0.3 is 5.11 Å². The molecule has 1 fully saturated rings. The molecule has 3 aromatic rings. The lowest BCUT2D eigenvalue weighted by Crippen LogP contribution is -2.20. The van der Waals surface area contributed by atoms with Gasteiger partial charge in [-0.2, -0.15) is 0 Å². The quantitative estimate of drug-likeness (QED) is 0.469. The predicted molar refractivity (Wildman–Crippen MR) is 110 cm³/mol. The Morgan fingerprint density at radius 2 is 1.97 bits per heavy atom. The number of hydrogen-bond donors (Lipinski definition) is 4. The van der Waals surface area contributed by atoms with Crippen molar-refractivity contribution in [2.75, 3.05) is 19.7 Å². The number of H-pyrrole nitrogens is 2. The van der Waals surface area contributed by atoms with Crippen LogP contribution in [0.4, 0.5) is 0 Å².